The van der Waals surface area contributed by atoms with Gasteiger partial charge in [-0.1, -0.05) is 0 Å². The third kappa shape index (κ3) is 107. The Morgan fingerprint density at radius 2 is 0.208 bits per heavy atom. The van der Waals surface area contributed by atoms with Crippen LogP contribution in [-0.4, -0.2) is 133 Å². The van der Waals surface area contributed by atoms with Crippen LogP contribution in [0.15, 0.2) is 72.9 Å². The fraction of sp³-hybridized carbons (Fsp3) is 0. The molecule has 48 heavy (non-hydrogen) atoms. The summed E-state index contributed by atoms with van der Waals surface area (Å²) in [4.78, 5) is 115. The van der Waals surface area contributed by atoms with E-state index in [1.807, 2.05) is 0 Å². The van der Waals surface area contributed by atoms with Gasteiger partial charge in [-0.3, -0.25) is 0 Å². The second-order valence-corrected chi connectivity index (χ2v) is 6.06. The molecule has 0 fully saturated rings. The number of hydrogen-bond donors (Lipinski definition) is 12. The van der Waals surface area contributed by atoms with Crippen molar-refractivity contribution < 1.29 is 119 Å². The first-order chi connectivity index (χ1) is 21.8. The summed E-state index contributed by atoms with van der Waals surface area (Å²) >= 11 is 0. The van der Waals surface area contributed by atoms with E-state index in [0.29, 0.717) is 72.9 Å². The van der Waals surface area contributed by atoms with E-state index < -0.39 is 71.6 Å². The highest BCUT2D eigenvalue weighted by Crippen LogP contribution is 1.73. The lowest BCUT2D eigenvalue weighted by Crippen LogP contribution is -1.91. The van der Waals surface area contributed by atoms with E-state index in [-0.39, 0.29) is 0 Å². The van der Waals surface area contributed by atoms with Gasteiger partial charge in [0.15, 0.2) is 0 Å². The molecule has 0 aromatic heterocycles. The Labute approximate surface area is 263 Å². The van der Waals surface area contributed by atoms with Gasteiger partial charge in [0.05, 0.1) is 0 Å². The fourth-order valence-corrected chi connectivity index (χ4v) is 0.855. The molecule has 0 aromatic rings. The smallest absolute Gasteiger partial charge is 0.328 e. The number of rotatable bonds is 12. The zero-order valence-electron chi connectivity index (χ0n) is 23.2. The van der Waals surface area contributed by atoms with Gasteiger partial charge in [0.1, 0.15) is 0 Å². The average Bonchev–Trinajstić information content (AvgIpc) is 2.92. The second-order valence-electron chi connectivity index (χ2n) is 6.06. The summed E-state index contributed by atoms with van der Waals surface area (Å²) in [5, 5.41) is 93.7. The van der Waals surface area contributed by atoms with Crippen LogP contribution < -0.4 is 0 Å². The third-order valence-corrected chi connectivity index (χ3v) is 2.21. The minimum absolute atomic E-state index is 0.558. The van der Waals surface area contributed by atoms with Crippen molar-refractivity contribution in [3.05, 3.63) is 72.9 Å². The second kappa shape index (κ2) is 35.3. The summed E-state index contributed by atoms with van der Waals surface area (Å²) in [7, 11) is 0. The Hall–Kier alpha value is -7.92. The number of hydrogen-bond acceptors (Lipinski definition) is 12. The molecular weight excluding hydrogens is 672 g/mol. The van der Waals surface area contributed by atoms with Gasteiger partial charge in [0.25, 0.3) is 0 Å². The van der Waals surface area contributed by atoms with E-state index in [1.165, 1.54) is 0 Å². The summed E-state index contributed by atoms with van der Waals surface area (Å²) in [5.41, 5.74) is 0. The van der Waals surface area contributed by atoms with Crippen LogP contribution in [-0.2, 0) is 57.5 Å². The Kier molecular flexibility index (Phi) is 38.7. The maximum Gasteiger partial charge on any atom is 0.328 e. The molecular formula is C24H24O24. The van der Waals surface area contributed by atoms with Gasteiger partial charge in [0, 0.05) is 72.9 Å². The zero-order valence-corrected chi connectivity index (χ0v) is 23.2. The molecule has 24 nitrogen and oxygen atoms in total. The van der Waals surface area contributed by atoms with Crippen LogP contribution in [0.2, 0.25) is 0 Å². The summed E-state index contributed by atoms with van der Waals surface area (Å²) < 4.78 is 0. The van der Waals surface area contributed by atoms with E-state index in [2.05, 4.69) is 0 Å². The van der Waals surface area contributed by atoms with E-state index in [9.17, 15) is 57.5 Å². The lowest BCUT2D eigenvalue weighted by molar-refractivity contribution is -0.134. The molecule has 0 aromatic carbocycles. The molecule has 0 amide bonds. The molecule has 264 valence electrons. The fourth-order valence-electron chi connectivity index (χ4n) is 0.855. The first-order valence-electron chi connectivity index (χ1n) is 10.6. The molecule has 0 heterocycles. The van der Waals surface area contributed by atoms with E-state index in [0.717, 1.165) is 0 Å². The van der Waals surface area contributed by atoms with Gasteiger partial charge >= 0.3 is 71.6 Å². The molecule has 0 aliphatic carbocycles. The number of carboxylic acid groups (broad SMARTS) is 12. The zero-order chi connectivity index (χ0) is 39.4. The Morgan fingerprint density at radius 1 is 0.167 bits per heavy atom. The van der Waals surface area contributed by atoms with Crippen LogP contribution in [0.3, 0.4) is 0 Å². The van der Waals surface area contributed by atoms with Gasteiger partial charge in [-0.15, -0.1) is 0 Å². The van der Waals surface area contributed by atoms with Crippen LogP contribution in [0, 0.1) is 0 Å². The maximum absolute atomic E-state index is 9.55. The molecule has 0 radical (unpaired) electrons. The molecule has 0 aliphatic heterocycles. The van der Waals surface area contributed by atoms with Gasteiger partial charge in [-0.2, -0.15) is 0 Å². The van der Waals surface area contributed by atoms with Crippen molar-refractivity contribution in [3.8, 4) is 0 Å². The first-order valence-corrected chi connectivity index (χ1v) is 10.6. The van der Waals surface area contributed by atoms with Crippen LogP contribution in [0.25, 0.3) is 0 Å². The monoisotopic (exact) mass is 696 g/mol. The Bertz CT molecular complexity index is 978. The predicted octanol–water partition coefficient (Wildman–Crippen LogP) is -1.73. The number of aliphatic carboxylic acids is 12. The van der Waals surface area contributed by atoms with Crippen LogP contribution in [0.5, 0.6) is 0 Å². The standard InChI is InChI=1S/6C4H4O4/c6*5-3(6)1-2-4(7)8/h6*1-2H,(H,5,6)(H,7,8)/b6*2-1+. The van der Waals surface area contributed by atoms with E-state index in [1.54, 1.807) is 0 Å². The molecule has 0 atom stereocenters. The molecule has 0 spiro atoms. The van der Waals surface area contributed by atoms with Crippen molar-refractivity contribution in [2.24, 2.45) is 0 Å². The predicted molar refractivity (Wildman–Crippen MR) is 146 cm³/mol. The molecule has 0 saturated heterocycles. The maximum atomic E-state index is 9.55. The minimum Gasteiger partial charge on any atom is -0.478 e. The molecule has 0 rings (SSSR count). The Morgan fingerprint density at radius 3 is 0.229 bits per heavy atom. The molecule has 0 aliphatic rings. The first kappa shape index (κ1) is 52.7. The lowest BCUT2D eigenvalue weighted by atomic mass is 10.5. The summed E-state index contributed by atoms with van der Waals surface area (Å²) in [6.45, 7) is 0. The van der Waals surface area contributed by atoms with Crippen molar-refractivity contribution in [2.75, 3.05) is 0 Å². The Balaban J connectivity index is -0.000000110. The van der Waals surface area contributed by atoms with Gasteiger partial charge in [-0.05, 0) is 0 Å². The average molecular weight is 696 g/mol. The summed E-state index contributed by atoms with van der Waals surface area (Å²) in [6.07, 6.45) is 6.69. The quantitative estimate of drug-likeness (QED) is 0.101. The van der Waals surface area contributed by atoms with Gasteiger partial charge in [-0.25, -0.2) is 57.5 Å². The molecule has 24 heteroatoms. The third-order valence-electron chi connectivity index (χ3n) is 2.21. The number of carboxylic acids is 12. The minimum atomic E-state index is -1.26. The van der Waals surface area contributed by atoms with Crippen LogP contribution >= 0.6 is 0 Å². The number of carbonyl (C=O) groups is 12. The van der Waals surface area contributed by atoms with E-state index >= 15 is 0 Å². The van der Waals surface area contributed by atoms with Crippen molar-refractivity contribution in [2.45, 2.75) is 0 Å². The van der Waals surface area contributed by atoms with Crippen LogP contribution in [0.4, 0.5) is 0 Å². The molecule has 0 saturated carbocycles. The summed E-state index contributed by atoms with van der Waals surface area (Å²) in [5.74, 6) is -15.1. The highest BCUT2D eigenvalue weighted by molar-refractivity contribution is 5.92. The van der Waals surface area contributed by atoms with E-state index in [4.69, 9.17) is 61.3 Å². The van der Waals surface area contributed by atoms with Gasteiger partial charge < -0.3 is 61.3 Å². The lowest BCUT2D eigenvalue weighted by Gasteiger charge is -1.74. The van der Waals surface area contributed by atoms with Crippen molar-refractivity contribution in [3.63, 3.8) is 0 Å². The largest absolute Gasteiger partial charge is 0.478 e. The van der Waals surface area contributed by atoms with Gasteiger partial charge in [0.2, 0.25) is 0 Å². The van der Waals surface area contributed by atoms with Crippen molar-refractivity contribution in [1.82, 2.24) is 0 Å². The normalized spacial score (nSPS) is 9.50. The molecule has 0 bridgehead atoms. The topological polar surface area (TPSA) is 448 Å². The van der Waals surface area contributed by atoms with Crippen molar-refractivity contribution in [1.29, 1.82) is 0 Å². The highest BCUT2D eigenvalue weighted by Gasteiger charge is 1.91. The molecule has 0 unspecified atom stereocenters. The summed E-state index contributed by atoms with van der Waals surface area (Å²) in [6, 6.07) is 0. The SMILES string of the molecule is O=C(O)/C=C/C(=O)O.O=C(O)/C=C/C(=O)O.O=C(O)/C=C/C(=O)O.O=C(O)/C=C/C(=O)O.O=C(O)/C=C/C(=O)O.O=C(O)/C=C/C(=O)O. The van der Waals surface area contributed by atoms with Crippen LogP contribution in [0.1, 0.15) is 0 Å². The molecule has 12 N–H and O–H groups in total. The highest BCUT2D eigenvalue weighted by atomic mass is 16.4. The van der Waals surface area contributed by atoms with Crippen molar-refractivity contribution >= 4 is 71.6 Å².